The van der Waals surface area contributed by atoms with Crippen LogP contribution >= 0.6 is 0 Å². The van der Waals surface area contributed by atoms with Gasteiger partial charge in [0.2, 0.25) is 0 Å². The summed E-state index contributed by atoms with van der Waals surface area (Å²) in [6.45, 7) is 10.1. The van der Waals surface area contributed by atoms with E-state index in [0.717, 1.165) is 36.0 Å². The topological polar surface area (TPSA) is 100.0 Å². The van der Waals surface area contributed by atoms with Gasteiger partial charge in [-0.15, -0.1) is 6.58 Å². The van der Waals surface area contributed by atoms with Crippen molar-refractivity contribution in [1.29, 1.82) is 0 Å². The fraction of sp³-hybridized carbons (Fsp3) is 0.536. The second-order valence-electron chi connectivity index (χ2n) is 9.69. The van der Waals surface area contributed by atoms with Crippen LogP contribution in [0.3, 0.4) is 0 Å². The van der Waals surface area contributed by atoms with Crippen LogP contribution in [0.15, 0.2) is 49.2 Å². The van der Waals surface area contributed by atoms with Crippen molar-refractivity contribution in [3.8, 4) is 0 Å². The van der Waals surface area contributed by atoms with E-state index in [9.17, 15) is 14.7 Å². The smallest absolute Gasteiger partial charge is 0.310 e. The van der Waals surface area contributed by atoms with E-state index in [2.05, 4.69) is 28.6 Å². The van der Waals surface area contributed by atoms with Gasteiger partial charge in [0.25, 0.3) is 0 Å². The first-order chi connectivity index (χ1) is 17.0. The number of fused-ring (bicyclic) bond motifs is 6. The maximum absolute atomic E-state index is 11.0. The number of hydrogen-bond acceptors (Lipinski definition) is 6. The number of aliphatic hydroxyl groups excluding tert-OH is 1. The predicted octanol–water partition coefficient (Wildman–Crippen LogP) is 4.21. The normalized spacial score (nSPS) is 33.1. The number of piperidine rings is 3. The molecule has 0 spiro atoms. The second kappa shape index (κ2) is 10.9. The summed E-state index contributed by atoms with van der Waals surface area (Å²) in [5, 5.41) is 20.7. The number of aliphatic hydroxyl groups is 1. The van der Waals surface area contributed by atoms with Gasteiger partial charge in [0, 0.05) is 24.2 Å². The van der Waals surface area contributed by atoms with Gasteiger partial charge in [-0.3, -0.25) is 19.5 Å². The van der Waals surface area contributed by atoms with Gasteiger partial charge in [0.15, 0.2) is 0 Å². The van der Waals surface area contributed by atoms with Crippen molar-refractivity contribution in [3.63, 3.8) is 0 Å². The van der Waals surface area contributed by atoms with Crippen molar-refractivity contribution in [2.24, 2.45) is 23.7 Å². The number of benzene rings is 1. The van der Waals surface area contributed by atoms with Crippen molar-refractivity contribution < 1.29 is 24.5 Å². The van der Waals surface area contributed by atoms with E-state index in [1.54, 1.807) is 0 Å². The van der Waals surface area contributed by atoms with E-state index in [-0.39, 0.29) is 24.0 Å². The molecule has 1 aromatic heterocycles. The molecule has 35 heavy (non-hydrogen) atoms. The number of esters is 1. The molecule has 7 nitrogen and oxygen atoms in total. The SMILES string of the molecule is C=CC1CN2CCC1CC2[C@H](O)c1ccnc2ccccc12.CC.O=C(O)C1CC2CC1C(=O)O2. The lowest BCUT2D eigenvalue weighted by Crippen LogP contribution is -2.54. The number of aromatic nitrogens is 1. The number of carboxylic acid groups (broad SMARTS) is 1. The van der Waals surface area contributed by atoms with Gasteiger partial charge in [-0.2, -0.15) is 0 Å². The number of pyridine rings is 1. The number of hydrogen-bond donors (Lipinski definition) is 2. The third-order valence-electron chi connectivity index (χ3n) is 7.94. The molecular weight excluding hydrogens is 444 g/mol. The fourth-order valence-electron chi connectivity index (χ4n) is 6.16. The molecule has 7 rings (SSSR count). The van der Waals surface area contributed by atoms with Crippen LogP contribution in [0.4, 0.5) is 0 Å². The minimum absolute atomic E-state index is 0.117. The molecular formula is C28H36N2O5. The Morgan fingerprint density at radius 2 is 2.00 bits per heavy atom. The van der Waals surface area contributed by atoms with Gasteiger partial charge < -0.3 is 14.9 Å². The van der Waals surface area contributed by atoms with Crippen molar-refractivity contribution in [3.05, 3.63) is 54.7 Å². The molecule has 4 bridgehead atoms. The Bertz CT molecular complexity index is 1070. The third-order valence-corrected chi connectivity index (χ3v) is 7.94. The van der Waals surface area contributed by atoms with Crippen molar-refractivity contribution in [2.75, 3.05) is 13.1 Å². The quantitative estimate of drug-likeness (QED) is 0.499. The molecule has 1 aliphatic carbocycles. The predicted molar refractivity (Wildman–Crippen MR) is 134 cm³/mol. The third kappa shape index (κ3) is 4.98. The lowest BCUT2D eigenvalue weighted by molar-refractivity contribution is -0.158. The molecule has 5 aliphatic rings. The highest BCUT2D eigenvalue weighted by molar-refractivity contribution is 5.84. The summed E-state index contributed by atoms with van der Waals surface area (Å²) in [6.07, 6.45) is 6.76. The average molecular weight is 481 g/mol. The molecule has 7 unspecified atom stereocenters. The Balaban J connectivity index is 0.000000186. The molecule has 0 amide bonds. The summed E-state index contributed by atoms with van der Waals surface area (Å²) in [6, 6.07) is 10.3. The molecule has 1 saturated carbocycles. The van der Waals surface area contributed by atoms with Crippen LogP contribution in [-0.4, -0.2) is 57.3 Å². The van der Waals surface area contributed by atoms with Gasteiger partial charge in [0.1, 0.15) is 6.10 Å². The molecule has 188 valence electrons. The Hall–Kier alpha value is -2.77. The highest BCUT2D eigenvalue weighted by Crippen LogP contribution is 2.42. The zero-order valence-electron chi connectivity index (χ0n) is 20.5. The van der Waals surface area contributed by atoms with E-state index >= 15 is 0 Å². The summed E-state index contributed by atoms with van der Waals surface area (Å²) in [7, 11) is 0. The molecule has 2 N–H and O–H groups in total. The molecule has 2 aromatic rings. The minimum Gasteiger partial charge on any atom is -0.481 e. The highest BCUT2D eigenvalue weighted by atomic mass is 16.6. The summed E-state index contributed by atoms with van der Waals surface area (Å²) in [4.78, 5) is 28.2. The number of rotatable bonds is 4. The lowest BCUT2D eigenvalue weighted by Gasteiger charge is -2.50. The monoisotopic (exact) mass is 480 g/mol. The van der Waals surface area contributed by atoms with E-state index in [4.69, 9.17) is 9.84 Å². The van der Waals surface area contributed by atoms with Crippen LogP contribution in [0.5, 0.6) is 0 Å². The van der Waals surface area contributed by atoms with Gasteiger partial charge >= 0.3 is 11.9 Å². The zero-order chi connectivity index (χ0) is 25.1. The van der Waals surface area contributed by atoms with Crippen molar-refractivity contribution in [2.45, 2.75) is 57.8 Å². The van der Waals surface area contributed by atoms with Crippen LogP contribution < -0.4 is 0 Å². The molecule has 0 radical (unpaired) electrons. The number of carboxylic acids is 1. The maximum atomic E-state index is 11.0. The molecule has 8 atom stereocenters. The Labute approximate surface area is 206 Å². The van der Waals surface area contributed by atoms with E-state index < -0.39 is 18.0 Å². The molecule has 7 heteroatoms. The molecule has 5 fully saturated rings. The largest absolute Gasteiger partial charge is 0.481 e. The molecule has 4 aliphatic heterocycles. The summed E-state index contributed by atoms with van der Waals surface area (Å²) < 4.78 is 4.84. The summed E-state index contributed by atoms with van der Waals surface area (Å²) >= 11 is 0. The standard InChI is InChI=1S/C19H22N2O.C7H8O4.C2H6/c1-2-13-12-21-10-8-14(13)11-18(21)19(22)16-7-9-20-17-6-4-3-5-15(16)17;8-6(9)4-1-3-2-5(4)7(10)11-3;1-2/h2-7,9,13-14,18-19,22H,1,8,10-12H2;3-5H,1-2H2,(H,8,9);1-2H3/t13?,14?,18?,19-;;/m1../s1. The number of carbonyl (C=O) groups is 2. The zero-order valence-corrected chi connectivity index (χ0v) is 20.5. The van der Waals surface area contributed by atoms with Gasteiger partial charge in [0.05, 0.1) is 23.5 Å². The van der Waals surface area contributed by atoms with Gasteiger partial charge in [-0.05, 0) is 61.8 Å². The molecule has 4 saturated heterocycles. The second-order valence-corrected chi connectivity index (χ2v) is 9.69. The van der Waals surface area contributed by atoms with E-state index in [1.807, 2.05) is 44.3 Å². The lowest BCUT2D eigenvalue weighted by atomic mass is 9.73. The van der Waals surface area contributed by atoms with Crippen molar-refractivity contribution >= 4 is 22.8 Å². The first-order valence-corrected chi connectivity index (χ1v) is 12.8. The fourth-order valence-corrected chi connectivity index (χ4v) is 6.16. The van der Waals surface area contributed by atoms with Crippen LogP contribution in [0.25, 0.3) is 10.9 Å². The highest BCUT2D eigenvalue weighted by Gasteiger charge is 2.51. The number of nitrogens with zero attached hydrogens (tertiary/aromatic N) is 2. The van der Waals surface area contributed by atoms with Crippen molar-refractivity contribution in [1.82, 2.24) is 9.88 Å². The number of carbonyl (C=O) groups excluding carboxylic acids is 1. The van der Waals surface area contributed by atoms with E-state index in [1.165, 1.54) is 6.42 Å². The number of ether oxygens (including phenoxy) is 1. The van der Waals surface area contributed by atoms with Crippen LogP contribution in [0, 0.1) is 23.7 Å². The van der Waals surface area contributed by atoms with Crippen LogP contribution in [-0.2, 0) is 14.3 Å². The first kappa shape index (κ1) is 25.3. The molecule has 1 aromatic carbocycles. The maximum Gasteiger partial charge on any atom is 0.310 e. The first-order valence-electron chi connectivity index (χ1n) is 12.8. The number of para-hydroxylation sites is 1. The Kier molecular flexibility index (Phi) is 7.87. The summed E-state index contributed by atoms with van der Waals surface area (Å²) in [5.41, 5.74) is 1.97. The average Bonchev–Trinajstić information content (AvgIpc) is 3.50. The van der Waals surface area contributed by atoms with Crippen LogP contribution in [0.1, 0.15) is 51.2 Å². The Morgan fingerprint density at radius 1 is 1.23 bits per heavy atom. The van der Waals surface area contributed by atoms with Gasteiger partial charge in [-0.25, -0.2) is 0 Å². The minimum atomic E-state index is -0.867. The summed E-state index contributed by atoms with van der Waals surface area (Å²) in [5.74, 6) is -0.775. The van der Waals surface area contributed by atoms with Gasteiger partial charge in [-0.1, -0.05) is 38.1 Å². The van der Waals surface area contributed by atoms with E-state index in [0.29, 0.717) is 24.7 Å². The Morgan fingerprint density at radius 3 is 2.60 bits per heavy atom. The molecule has 5 heterocycles. The van der Waals surface area contributed by atoms with Crippen LogP contribution in [0.2, 0.25) is 0 Å². The number of aliphatic carboxylic acids is 1.